The first-order chi connectivity index (χ1) is 13.1. The summed E-state index contributed by atoms with van der Waals surface area (Å²) in [5.74, 6) is -0.230. The van der Waals surface area contributed by atoms with Gasteiger partial charge in [-0.15, -0.1) is 0 Å². The van der Waals surface area contributed by atoms with Crippen molar-refractivity contribution in [1.82, 2.24) is 14.7 Å². The monoisotopic (exact) mass is 364 g/mol. The molecule has 0 atom stereocenters. The van der Waals surface area contributed by atoms with Gasteiger partial charge in [0.2, 0.25) is 0 Å². The molecule has 1 saturated heterocycles. The fourth-order valence-electron chi connectivity index (χ4n) is 3.44. The average Bonchev–Trinajstić information content (AvgIpc) is 3.10. The summed E-state index contributed by atoms with van der Waals surface area (Å²) in [7, 11) is 0. The third kappa shape index (κ3) is 3.43. The minimum absolute atomic E-state index is 0.00781. The second kappa shape index (κ2) is 7.23. The summed E-state index contributed by atoms with van der Waals surface area (Å²) >= 11 is 0. The number of nitrogens with zero attached hydrogens (tertiary/aromatic N) is 4. The first kappa shape index (κ1) is 17.3. The Labute approximate surface area is 157 Å². The molecule has 0 saturated carbocycles. The van der Waals surface area contributed by atoms with Crippen molar-refractivity contribution in [3.05, 3.63) is 77.9 Å². The minimum atomic E-state index is -0.238. The normalized spacial score (nSPS) is 14.4. The molecule has 2 aromatic carbocycles. The summed E-state index contributed by atoms with van der Waals surface area (Å²) in [5, 5.41) is 4.40. The van der Waals surface area contributed by atoms with Gasteiger partial charge in [-0.25, -0.2) is 9.07 Å². The molecule has 0 aliphatic carbocycles. The highest BCUT2D eigenvalue weighted by Gasteiger charge is 2.25. The lowest BCUT2D eigenvalue weighted by molar-refractivity contribution is 0.0746. The van der Waals surface area contributed by atoms with Gasteiger partial charge >= 0.3 is 0 Å². The number of para-hydroxylation sites is 1. The third-order valence-corrected chi connectivity index (χ3v) is 5.00. The maximum Gasteiger partial charge on any atom is 0.257 e. The lowest BCUT2D eigenvalue weighted by Gasteiger charge is -2.36. The van der Waals surface area contributed by atoms with Gasteiger partial charge in [-0.3, -0.25) is 4.79 Å². The number of rotatable bonds is 3. The van der Waals surface area contributed by atoms with Gasteiger partial charge in [0.05, 0.1) is 23.1 Å². The second-order valence-electron chi connectivity index (χ2n) is 6.65. The Balaban J connectivity index is 1.45. The average molecular weight is 364 g/mol. The Morgan fingerprint density at radius 1 is 0.926 bits per heavy atom. The van der Waals surface area contributed by atoms with E-state index in [0.717, 1.165) is 30.2 Å². The van der Waals surface area contributed by atoms with E-state index >= 15 is 0 Å². The quantitative estimate of drug-likeness (QED) is 0.716. The molecule has 138 valence electrons. The lowest BCUT2D eigenvalue weighted by atomic mass is 10.2. The van der Waals surface area contributed by atoms with Gasteiger partial charge in [-0.1, -0.05) is 18.2 Å². The smallest absolute Gasteiger partial charge is 0.257 e. The highest BCUT2D eigenvalue weighted by Crippen LogP contribution is 2.20. The largest absolute Gasteiger partial charge is 0.368 e. The summed E-state index contributed by atoms with van der Waals surface area (Å²) in [6.45, 7) is 4.63. The van der Waals surface area contributed by atoms with E-state index in [9.17, 15) is 9.18 Å². The zero-order chi connectivity index (χ0) is 18.8. The number of hydrogen-bond donors (Lipinski definition) is 0. The van der Waals surface area contributed by atoms with Crippen LogP contribution in [0.1, 0.15) is 16.1 Å². The predicted molar refractivity (Wildman–Crippen MR) is 103 cm³/mol. The number of halogens is 1. The maximum atomic E-state index is 13.1. The van der Waals surface area contributed by atoms with E-state index in [4.69, 9.17) is 0 Å². The van der Waals surface area contributed by atoms with Crippen molar-refractivity contribution >= 4 is 11.6 Å². The van der Waals surface area contributed by atoms with Crippen LogP contribution in [-0.2, 0) is 0 Å². The molecule has 3 aromatic rings. The Kier molecular flexibility index (Phi) is 4.62. The minimum Gasteiger partial charge on any atom is -0.368 e. The number of hydrogen-bond acceptors (Lipinski definition) is 3. The molecule has 0 bridgehead atoms. The zero-order valence-electron chi connectivity index (χ0n) is 15.2. The van der Waals surface area contributed by atoms with Crippen molar-refractivity contribution in [3.8, 4) is 5.69 Å². The van der Waals surface area contributed by atoms with Crippen molar-refractivity contribution in [2.24, 2.45) is 0 Å². The van der Waals surface area contributed by atoms with Crippen LogP contribution in [0, 0.1) is 12.7 Å². The fourth-order valence-corrected chi connectivity index (χ4v) is 3.44. The first-order valence-electron chi connectivity index (χ1n) is 9.03. The molecule has 1 fully saturated rings. The van der Waals surface area contributed by atoms with E-state index in [0.29, 0.717) is 18.7 Å². The molecule has 5 nitrogen and oxygen atoms in total. The van der Waals surface area contributed by atoms with E-state index in [1.54, 1.807) is 23.0 Å². The molecule has 0 spiro atoms. The molecule has 1 aliphatic heterocycles. The number of carbonyl (C=O) groups is 1. The molecule has 2 heterocycles. The van der Waals surface area contributed by atoms with Crippen molar-refractivity contribution in [2.75, 3.05) is 31.1 Å². The molecule has 0 radical (unpaired) electrons. The molecule has 0 N–H and O–H groups in total. The van der Waals surface area contributed by atoms with Crippen LogP contribution in [0.3, 0.4) is 0 Å². The van der Waals surface area contributed by atoms with Crippen LogP contribution < -0.4 is 4.90 Å². The van der Waals surface area contributed by atoms with Crippen molar-refractivity contribution in [3.63, 3.8) is 0 Å². The molecule has 6 heteroatoms. The van der Waals surface area contributed by atoms with Gasteiger partial charge in [0.1, 0.15) is 5.82 Å². The van der Waals surface area contributed by atoms with Crippen LogP contribution in [0.15, 0.2) is 60.8 Å². The van der Waals surface area contributed by atoms with Crippen LogP contribution in [-0.4, -0.2) is 46.8 Å². The third-order valence-electron chi connectivity index (χ3n) is 5.00. The molecular weight excluding hydrogens is 343 g/mol. The van der Waals surface area contributed by atoms with Crippen molar-refractivity contribution < 1.29 is 9.18 Å². The summed E-state index contributed by atoms with van der Waals surface area (Å²) in [6.07, 6.45) is 1.65. The molecule has 1 aromatic heterocycles. The van der Waals surface area contributed by atoms with Crippen LogP contribution in [0.4, 0.5) is 10.1 Å². The van der Waals surface area contributed by atoms with Gasteiger partial charge in [-0.05, 0) is 43.3 Å². The highest BCUT2D eigenvalue weighted by atomic mass is 19.1. The number of benzene rings is 2. The number of amides is 1. The molecule has 0 unspecified atom stereocenters. The first-order valence-corrected chi connectivity index (χ1v) is 9.03. The Morgan fingerprint density at radius 3 is 2.26 bits per heavy atom. The van der Waals surface area contributed by atoms with Crippen molar-refractivity contribution in [2.45, 2.75) is 6.92 Å². The SMILES string of the molecule is Cc1c(C(=O)N2CCN(c3ccc(F)cc3)CC2)cnn1-c1ccccc1. The van der Waals surface area contributed by atoms with Gasteiger partial charge in [0.15, 0.2) is 0 Å². The van der Waals surface area contributed by atoms with E-state index in [1.807, 2.05) is 42.2 Å². The standard InChI is InChI=1S/C21H21FN4O/c1-16-20(15-23-26(16)19-5-3-2-4-6-19)21(27)25-13-11-24(12-14-25)18-9-7-17(22)8-10-18/h2-10,15H,11-14H2,1H3. The van der Waals surface area contributed by atoms with E-state index in [1.165, 1.54) is 12.1 Å². The van der Waals surface area contributed by atoms with Gasteiger partial charge < -0.3 is 9.80 Å². The van der Waals surface area contributed by atoms with Crippen LogP contribution in [0.2, 0.25) is 0 Å². The molecule has 1 amide bonds. The number of piperazine rings is 1. The Hall–Kier alpha value is -3.15. The Morgan fingerprint density at radius 2 is 1.59 bits per heavy atom. The zero-order valence-corrected chi connectivity index (χ0v) is 15.2. The predicted octanol–water partition coefficient (Wildman–Crippen LogP) is 3.28. The number of anilines is 1. The maximum absolute atomic E-state index is 13.1. The Bertz CT molecular complexity index is 929. The molecule has 4 rings (SSSR count). The molecule has 1 aliphatic rings. The molecule has 27 heavy (non-hydrogen) atoms. The van der Waals surface area contributed by atoms with Gasteiger partial charge in [0, 0.05) is 31.9 Å². The van der Waals surface area contributed by atoms with Gasteiger partial charge in [0.25, 0.3) is 5.91 Å². The summed E-state index contributed by atoms with van der Waals surface area (Å²) in [4.78, 5) is 17.0. The summed E-state index contributed by atoms with van der Waals surface area (Å²) < 4.78 is 14.9. The lowest BCUT2D eigenvalue weighted by Crippen LogP contribution is -2.48. The highest BCUT2D eigenvalue weighted by molar-refractivity contribution is 5.95. The number of carbonyl (C=O) groups excluding carboxylic acids is 1. The summed E-state index contributed by atoms with van der Waals surface area (Å²) in [5.41, 5.74) is 3.40. The van der Waals surface area contributed by atoms with Crippen LogP contribution in [0.25, 0.3) is 5.69 Å². The van der Waals surface area contributed by atoms with E-state index in [-0.39, 0.29) is 11.7 Å². The van der Waals surface area contributed by atoms with E-state index < -0.39 is 0 Å². The molecular formula is C21H21FN4O. The summed E-state index contributed by atoms with van der Waals surface area (Å²) in [6, 6.07) is 16.3. The van der Waals surface area contributed by atoms with Crippen LogP contribution >= 0.6 is 0 Å². The fraction of sp³-hybridized carbons (Fsp3) is 0.238. The topological polar surface area (TPSA) is 41.4 Å². The van der Waals surface area contributed by atoms with Crippen LogP contribution in [0.5, 0.6) is 0 Å². The van der Waals surface area contributed by atoms with E-state index in [2.05, 4.69) is 10.00 Å². The van der Waals surface area contributed by atoms with Crippen molar-refractivity contribution in [1.29, 1.82) is 0 Å². The second-order valence-corrected chi connectivity index (χ2v) is 6.65. The van der Waals surface area contributed by atoms with Gasteiger partial charge in [-0.2, -0.15) is 5.10 Å². The number of aromatic nitrogens is 2.